The van der Waals surface area contributed by atoms with E-state index in [0.717, 1.165) is 29.0 Å². The van der Waals surface area contributed by atoms with Crippen molar-refractivity contribution in [1.82, 2.24) is 0 Å². The van der Waals surface area contributed by atoms with E-state index in [4.69, 9.17) is 18.9 Å². The van der Waals surface area contributed by atoms with Crippen LogP contribution in [0.4, 0.5) is 5.69 Å². The Morgan fingerprint density at radius 1 is 1.18 bits per heavy atom. The topological polar surface area (TPSA) is 66.0 Å². The van der Waals surface area contributed by atoms with Gasteiger partial charge in [0.25, 0.3) is 0 Å². The predicted octanol–water partition coefficient (Wildman–Crippen LogP) is 4.08. The molecule has 1 unspecified atom stereocenters. The molecule has 0 aliphatic carbocycles. The number of methoxy groups -OCH3 is 2. The number of amides is 1. The Balaban J connectivity index is 1.78. The van der Waals surface area contributed by atoms with Crippen molar-refractivity contribution in [2.75, 3.05) is 26.1 Å². The fraction of sp³-hybridized carbons (Fsp3) is 0.318. The van der Waals surface area contributed by atoms with Crippen LogP contribution in [0.2, 0.25) is 0 Å². The summed E-state index contributed by atoms with van der Waals surface area (Å²) in [5, 5.41) is 2.81. The minimum absolute atomic E-state index is 0.148. The summed E-state index contributed by atoms with van der Waals surface area (Å²) in [7, 11) is 3.12. The molecule has 1 heterocycles. The number of hydrogen-bond donors (Lipinski definition) is 1. The molecule has 0 saturated carbocycles. The maximum absolute atomic E-state index is 12.4. The van der Waals surface area contributed by atoms with Crippen LogP contribution in [-0.2, 0) is 11.2 Å². The predicted molar refractivity (Wildman–Crippen MR) is 109 cm³/mol. The van der Waals surface area contributed by atoms with Crippen LogP contribution in [0.5, 0.6) is 23.0 Å². The summed E-state index contributed by atoms with van der Waals surface area (Å²) in [5.74, 6) is 2.51. The summed E-state index contributed by atoms with van der Waals surface area (Å²) < 4.78 is 22.0. The van der Waals surface area contributed by atoms with Crippen LogP contribution in [0.1, 0.15) is 25.0 Å². The number of carbonyl (C=O) groups is 1. The number of carbonyl (C=O) groups excluding carboxylic acids is 1. The average molecular weight is 383 g/mol. The van der Waals surface area contributed by atoms with E-state index in [1.807, 2.05) is 26.0 Å². The first-order valence-electron chi connectivity index (χ1n) is 9.21. The molecule has 0 bridgehead atoms. The molecule has 0 spiro atoms. The molecule has 2 aromatic carbocycles. The zero-order valence-corrected chi connectivity index (χ0v) is 16.6. The van der Waals surface area contributed by atoms with Crippen molar-refractivity contribution in [3.8, 4) is 23.0 Å². The van der Waals surface area contributed by atoms with Gasteiger partial charge < -0.3 is 24.3 Å². The molecule has 2 aromatic rings. The second-order valence-electron chi connectivity index (χ2n) is 6.49. The molecule has 1 atom stereocenters. The highest BCUT2D eigenvalue weighted by Gasteiger charge is 2.21. The van der Waals surface area contributed by atoms with Gasteiger partial charge in [0.15, 0.2) is 0 Å². The third kappa shape index (κ3) is 4.57. The normalized spacial score (nSPS) is 15.1. The zero-order valence-electron chi connectivity index (χ0n) is 16.6. The lowest BCUT2D eigenvalue weighted by atomic mass is 10.1. The number of rotatable bonds is 7. The Hall–Kier alpha value is -3.15. The lowest BCUT2D eigenvalue weighted by Crippen LogP contribution is -2.08. The minimum atomic E-state index is -0.271. The minimum Gasteiger partial charge on any atom is -0.497 e. The number of hydrogen-bond acceptors (Lipinski definition) is 5. The fourth-order valence-corrected chi connectivity index (χ4v) is 3.09. The fourth-order valence-electron chi connectivity index (χ4n) is 3.09. The molecule has 0 fully saturated rings. The SMILES string of the molecule is CCOc1cc2c(cc1/C=C/C(=O)Nc1cc(OC)cc(OC)c1)OC(C)C2. The van der Waals surface area contributed by atoms with Crippen molar-refractivity contribution in [3.63, 3.8) is 0 Å². The van der Waals surface area contributed by atoms with Gasteiger partial charge in [0, 0.05) is 47.5 Å². The molecule has 0 saturated heterocycles. The zero-order chi connectivity index (χ0) is 20.1. The van der Waals surface area contributed by atoms with Gasteiger partial charge in [-0.3, -0.25) is 4.79 Å². The molecule has 1 aliphatic heterocycles. The van der Waals surface area contributed by atoms with Gasteiger partial charge >= 0.3 is 0 Å². The second-order valence-corrected chi connectivity index (χ2v) is 6.49. The van der Waals surface area contributed by atoms with E-state index in [2.05, 4.69) is 5.32 Å². The molecule has 0 radical (unpaired) electrons. The molecule has 1 amide bonds. The second kappa shape index (κ2) is 8.69. The van der Waals surface area contributed by atoms with Crippen molar-refractivity contribution < 1.29 is 23.7 Å². The van der Waals surface area contributed by atoms with E-state index < -0.39 is 0 Å². The first kappa shape index (κ1) is 19.6. The van der Waals surface area contributed by atoms with Gasteiger partial charge in [-0.05, 0) is 32.1 Å². The summed E-state index contributed by atoms with van der Waals surface area (Å²) in [5.41, 5.74) is 2.51. The van der Waals surface area contributed by atoms with Crippen LogP contribution in [-0.4, -0.2) is 32.8 Å². The standard InChI is InChI=1S/C22H25NO5/c1-5-27-20-10-16-8-14(2)28-21(16)9-15(20)6-7-22(24)23-17-11-18(25-3)13-19(12-17)26-4/h6-7,9-14H,5,8H2,1-4H3,(H,23,24)/b7-6+. The Labute approximate surface area is 165 Å². The monoisotopic (exact) mass is 383 g/mol. The van der Waals surface area contributed by atoms with Crippen molar-refractivity contribution in [3.05, 3.63) is 47.5 Å². The third-order valence-electron chi connectivity index (χ3n) is 4.36. The third-order valence-corrected chi connectivity index (χ3v) is 4.36. The Bertz CT molecular complexity index is 868. The molecular formula is C22H25NO5. The molecule has 28 heavy (non-hydrogen) atoms. The number of anilines is 1. The van der Waals surface area contributed by atoms with Gasteiger partial charge in [-0.15, -0.1) is 0 Å². The highest BCUT2D eigenvalue weighted by Crippen LogP contribution is 2.35. The van der Waals surface area contributed by atoms with Crippen LogP contribution < -0.4 is 24.3 Å². The maximum atomic E-state index is 12.4. The first-order valence-corrected chi connectivity index (χ1v) is 9.21. The number of benzene rings is 2. The van der Waals surface area contributed by atoms with Crippen LogP contribution in [0, 0.1) is 0 Å². The average Bonchev–Trinajstić information content (AvgIpc) is 3.04. The van der Waals surface area contributed by atoms with E-state index in [9.17, 15) is 4.79 Å². The number of nitrogens with one attached hydrogen (secondary N) is 1. The summed E-state index contributed by atoms with van der Waals surface area (Å²) in [4.78, 5) is 12.4. The van der Waals surface area contributed by atoms with E-state index in [1.54, 1.807) is 38.5 Å². The Morgan fingerprint density at radius 3 is 2.54 bits per heavy atom. The highest BCUT2D eigenvalue weighted by atomic mass is 16.5. The van der Waals surface area contributed by atoms with Crippen molar-refractivity contribution >= 4 is 17.7 Å². The van der Waals surface area contributed by atoms with Crippen molar-refractivity contribution in [2.24, 2.45) is 0 Å². The molecule has 6 heteroatoms. The maximum Gasteiger partial charge on any atom is 0.248 e. The van der Waals surface area contributed by atoms with Crippen LogP contribution >= 0.6 is 0 Å². The molecule has 148 valence electrons. The highest BCUT2D eigenvalue weighted by molar-refractivity contribution is 6.02. The van der Waals surface area contributed by atoms with E-state index in [-0.39, 0.29) is 12.0 Å². The summed E-state index contributed by atoms with van der Waals surface area (Å²) >= 11 is 0. The van der Waals surface area contributed by atoms with Crippen molar-refractivity contribution in [2.45, 2.75) is 26.4 Å². The largest absolute Gasteiger partial charge is 0.497 e. The molecule has 0 aromatic heterocycles. The lowest BCUT2D eigenvalue weighted by Gasteiger charge is -2.10. The smallest absolute Gasteiger partial charge is 0.248 e. The van der Waals surface area contributed by atoms with Crippen LogP contribution in [0.3, 0.4) is 0 Å². The van der Waals surface area contributed by atoms with Gasteiger partial charge in [0.05, 0.1) is 20.8 Å². The van der Waals surface area contributed by atoms with E-state index in [0.29, 0.717) is 23.8 Å². The Kier molecular flexibility index (Phi) is 6.09. The molecule has 1 N–H and O–H groups in total. The van der Waals surface area contributed by atoms with Crippen LogP contribution in [0.15, 0.2) is 36.4 Å². The molecular weight excluding hydrogens is 358 g/mol. The van der Waals surface area contributed by atoms with Crippen LogP contribution in [0.25, 0.3) is 6.08 Å². The Morgan fingerprint density at radius 2 is 1.89 bits per heavy atom. The number of fused-ring (bicyclic) bond motifs is 1. The summed E-state index contributed by atoms with van der Waals surface area (Å²) in [6.45, 7) is 4.51. The summed E-state index contributed by atoms with van der Waals surface area (Å²) in [6.07, 6.45) is 4.20. The summed E-state index contributed by atoms with van der Waals surface area (Å²) in [6, 6.07) is 9.11. The lowest BCUT2D eigenvalue weighted by molar-refractivity contribution is -0.111. The molecule has 1 aliphatic rings. The molecule has 6 nitrogen and oxygen atoms in total. The van der Waals surface area contributed by atoms with Gasteiger partial charge in [-0.2, -0.15) is 0 Å². The first-order chi connectivity index (χ1) is 13.5. The molecule has 3 rings (SSSR count). The van der Waals surface area contributed by atoms with Gasteiger partial charge in [-0.1, -0.05) is 0 Å². The van der Waals surface area contributed by atoms with E-state index >= 15 is 0 Å². The van der Waals surface area contributed by atoms with Gasteiger partial charge in [0.2, 0.25) is 5.91 Å². The number of ether oxygens (including phenoxy) is 4. The quantitative estimate of drug-likeness (QED) is 0.730. The van der Waals surface area contributed by atoms with Crippen molar-refractivity contribution in [1.29, 1.82) is 0 Å². The van der Waals surface area contributed by atoms with E-state index in [1.165, 1.54) is 6.08 Å². The van der Waals surface area contributed by atoms with Gasteiger partial charge in [-0.25, -0.2) is 0 Å². The van der Waals surface area contributed by atoms with Gasteiger partial charge in [0.1, 0.15) is 29.1 Å².